The standard InChI is InChI=1S/C19H22N4O2/c20-17(24)15-13(7-5-11-22-15)19(9-3-1-2-4-10-19)14-8-6-12-23-16(14)18(21)25/h5-8,11-12H,1-4,9-10H2,(H2,20,24)(H2,21,25). The highest BCUT2D eigenvalue weighted by Gasteiger charge is 2.40. The van der Waals surface area contributed by atoms with Gasteiger partial charge < -0.3 is 11.5 Å². The van der Waals surface area contributed by atoms with Crippen LogP contribution in [-0.2, 0) is 5.41 Å². The molecule has 25 heavy (non-hydrogen) atoms. The average molecular weight is 338 g/mol. The highest BCUT2D eigenvalue weighted by atomic mass is 16.1. The lowest BCUT2D eigenvalue weighted by atomic mass is 9.68. The van der Waals surface area contributed by atoms with Gasteiger partial charge >= 0.3 is 0 Å². The Morgan fingerprint density at radius 2 is 1.24 bits per heavy atom. The third kappa shape index (κ3) is 3.12. The third-order valence-electron chi connectivity index (χ3n) is 5.07. The molecule has 1 aliphatic rings. The molecule has 6 heteroatoms. The maximum atomic E-state index is 12.0. The summed E-state index contributed by atoms with van der Waals surface area (Å²) in [4.78, 5) is 32.4. The molecule has 1 fully saturated rings. The maximum Gasteiger partial charge on any atom is 0.267 e. The van der Waals surface area contributed by atoms with Gasteiger partial charge in [-0.05, 0) is 36.1 Å². The number of amides is 2. The molecule has 3 rings (SSSR count). The van der Waals surface area contributed by atoms with Crippen molar-refractivity contribution in [3.05, 3.63) is 59.2 Å². The van der Waals surface area contributed by atoms with Gasteiger partial charge in [-0.1, -0.05) is 37.8 Å². The molecule has 6 nitrogen and oxygen atoms in total. The van der Waals surface area contributed by atoms with E-state index in [-0.39, 0.29) is 11.4 Å². The summed E-state index contributed by atoms with van der Waals surface area (Å²) < 4.78 is 0. The Morgan fingerprint density at radius 3 is 1.64 bits per heavy atom. The zero-order valence-corrected chi connectivity index (χ0v) is 14.1. The summed E-state index contributed by atoms with van der Waals surface area (Å²) in [7, 11) is 0. The summed E-state index contributed by atoms with van der Waals surface area (Å²) in [5.41, 5.74) is 12.7. The normalized spacial score (nSPS) is 16.8. The van der Waals surface area contributed by atoms with Crippen molar-refractivity contribution in [1.82, 2.24) is 9.97 Å². The van der Waals surface area contributed by atoms with Gasteiger partial charge in [0.2, 0.25) is 0 Å². The van der Waals surface area contributed by atoms with Crippen LogP contribution in [0, 0.1) is 0 Å². The van der Waals surface area contributed by atoms with Crippen molar-refractivity contribution in [2.45, 2.75) is 43.9 Å². The molecule has 2 aromatic heterocycles. The van der Waals surface area contributed by atoms with E-state index in [1.807, 2.05) is 12.1 Å². The molecule has 2 heterocycles. The van der Waals surface area contributed by atoms with Gasteiger partial charge in [0.05, 0.1) is 0 Å². The topological polar surface area (TPSA) is 112 Å². The number of carbonyl (C=O) groups excluding carboxylic acids is 2. The Bertz CT molecular complexity index is 736. The van der Waals surface area contributed by atoms with E-state index in [4.69, 9.17) is 11.5 Å². The van der Waals surface area contributed by atoms with E-state index in [9.17, 15) is 9.59 Å². The van der Waals surface area contributed by atoms with E-state index in [0.717, 1.165) is 49.7 Å². The fourth-order valence-electron chi connectivity index (χ4n) is 3.99. The predicted octanol–water partition coefficient (Wildman–Crippen LogP) is 2.31. The van der Waals surface area contributed by atoms with Crippen LogP contribution in [0.5, 0.6) is 0 Å². The van der Waals surface area contributed by atoms with Crippen LogP contribution in [-0.4, -0.2) is 21.8 Å². The molecule has 0 spiro atoms. The van der Waals surface area contributed by atoms with Crippen molar-refractivity contribution in [2.75, 3.05) is 0 Å². The molecule has 130 valence electrons. The molecule has 1 aliphatic carbocycles. The third-order valence-corrected chi connectivity index (χ3v) is 5.07. The Balaban J connectivity index is 2.30. The Labute approximate surface area is 146 Å². The lowest BCUT2D eigenvalue weighted by molar-refractivity contribution is 0.0987. The minimum absolute atomic E-state index is 0.253. The monoisotopic (exact) mass is 338 g/mol. The zero-order valence-electron chi connectivity index (χ0n) is 14.1. The Kier molecular flexibility index (Phi) is 4.79. The first kappa shape index (κ1) is 17.1. The Hall–Kier alpha value is -2.76. The van der Waals surface area contributed by atoms with E-state index in [1.54, 1.807) is 24.5 Å². The second-order valence-electron chi connectivity index (χ2n) is 6.52. The van der Waals surface area contributed by atoms with E-state index in [2.05, 4.69) is 9.97 Å². The maximum absolute atomic E-state index is 12.0. The summed E-state index contributed by atoms with van der Waals surface area (Å²) in [6.07, 6.45) is 8.91. The van der Waals surface area contributed by atoms with Gasteiger partial charge in [-0.3, -0.25) is 19.6 Å². The van der Waals surface area contributed by atoms with Crippen LogP contribution in [0.15, 0.2) is 36.7 Å². The lowest BCUT2D eigenvalue weighted by Gasteiger charge is -2.35. The molecule has 1 saturated carbocycles. The quantitative estimate of drug-likeness (QED) is 0.833. The fraction of sp³-hybridized carbons (Fsp3) is 0.368. The van der Waals surface area contributed by atoms with E-state index in [1.165, 1.54) is 0 Å². The summed E-state index contributed by atoms with van der Waals surface area (Å²) >= 11 is 0. The molecule has 0 saturated heterocycles. The molecule has 0 radical (unpaired) electrons. The second-order valence-corrected chi connectivity index (χ2v) is 6.52. The van der Waals surface area contributed by atoms with Crippen LogP contribution in [0.1, 0.15) is 70.6 Å². The average Bonchev–Trinajstić information content (AvgIpc) is 2.88. The summed E-state index contributed by atoms with van der Waals surface area (Å²) in [5, 5.41) is 0. The number of rotatable bonds is 4. The minimum atomic E-state index is -0.566. The van der Waals surface area contributed by atoms with E-state index < -0.39 is 17.2 Å². The van der Waals surface area contributed by atoms with Gasteiger partial charge in [-0.25, -0.2) is 0 Å². The first-order valence-corrected chi connectivity index (χ1v) is 8.57. The summed E-state index contributed by atoms with van der Waals surface area (Å²) in [5.74, 6) is -1.13. The highest BCUT2D eigenvalue weighted by molar-refractivity contribution is 5.95. The van der Waals surface area contributed by atoms with Gasteiger partial charge in [-0.15, -0.1) is 0 Å². The van der Waals surface area contributed by atoms with Crippen LogP contribution in [0.25, 0.3) is 0 Å². The number of nitrogens with zero attached hydrogens (tertiary/aromatic N) is 2. The summed E-state index contributed by atoms with van der Waals surface area (Å²) in [6.45, 7) is 0. The molecule has 0 aromatic carbocycles. The molecular formula is C19H22N4O2. The highest BCUT2D eigenvalue weighted by Crippen LogP contribution is 2.45. The fourth-order valence-corrected chi connectivity index (χ4v) is 3.99. The van der Waals surface area contributed by atoms with Crippen LogP contribution >= 0.6 is 0 Å². The Morgan fingerprint density at radius 1 is 0.800 bits per heavy atom. The van der Waals surface area contributed by atoms with Crippen molar-refractivity contribution >= 4 is 11.8 Å². The lowest BCUT2D eigenvalue weighted by Crippen LogP contribution is -2.34. The van der Waals surface area contributed by atoms with Gasteiger partial charge in [0, 0.05) is 17.8 Å². The van der Waals surface area contributed by atoms with E-state index >= 15 is 0 Å². The van der Waals surface area contributed by atoms with Crippen molar-refractivity contribution in [2.24, 2.45) is 11.5 Å². The van der Waals surface area contributed by atoms with Crippen molar-refractivity contribution in [3.8, 4) is 0 Å². The molecule has 0 unspecified atom stereocenters. The molecule has 2 amide bonds. The van der Waals surface area contributed by atoms with Crippen molar-refractivity contribution in [3.63, 3.8) is 0 Å². The molecule has 0 atom stereocenters. The van der Waals surface area contributed by atoms with Crippen LogP contribution in [0.3, 0.4) is 0 Å². The SMILES string of the molecule is NC(=O)c1ncccc1C1(c2cccnc2C(N)=O)CCCCCC1. The number of hydrogen-bond donors (Lipinski definition) is 2. The van der Waals surface area contributed by atoms with Gasteiger partial charge in [-0.2, -0.15) is 0 Å². The number of pyridine rings is 2. The molecule has 0 aliphatic heterocycles. The molecule has 0 bridgehead atoms. The smallest absolute Gasteiger partial charge is 0.267 e. The largest absolute Gasteiger partial charge is 0.364 e. The summed E-state index contributed by atoms with van der Waals surface area (Å²) in [6, 6.07) is 7.37. The number of carbonyl (C=O) groups is 2. The van der Waals surface area contributed by atoms with Crippen LogP contribution in [0.2, 0.25) is 0 Å². The number of nitrogens with two attached hydrogens (primary N) is 2. The number of hydrogen-bond acceptors (Lipinski definition) is 4. The number of primary amides is 2. The molecule has 2 aromatic rings. The van der Waals surface area contributed by atoms with Gasteiger partial charge in [0.15, 0.2) is 0 Å². The molecular weight excluding hydrogens is 316 g/mol. The van der Waals surface area contributed by atoms with Gasteiger partial charge in [0.1, 0.15) is 11.4 Å². The van der Waals surface area contributed by atoms with Gasteiger partial charge in [0.25, 0.3) is 11.8 Å². The van der Waals surface area contributed by atoms with E-state index in [0.29, 0.717) is 0 Å². The first-order chi connectivity index (χ1) is 12.1. The second kappa shape index (κ2) is 7.01. The molecule has 4 N–H and O–H groups in total. The van der Waals surface area contributed by atoms with Crippen LogP contribution < -0.4 is 11.5 Å². The van der Waals surface area contributed by atoms with Crippen molar-refractivity contribution in [1.29, 1.82) is 0 Å². The van der Waals surface area contributed by atoms with Crippen molar-refractivity contribution < 1.29 is 9.59 Å². The van der Waals surface area contributed by atoms with Crippen LogP contribution in [0.4, 0.5) is 0 Å². The first-order valence-electron chi connectivity index (χ1n) is 8.57. The minimum Gasteiger partial charge on any atom is -0.364 e. The predicted molar refractivity (Wildman–Crippen MR) is 94.0 cm³/mol. The number of aromatic nitrogens is 2. The zero-order chi connectivity index (χ0) is 17.9.